The number of rotatable bonds is 10. The molecule has 35 heavy (non-hydrogen) atoms. The Bertz CT molecular complexity index is 1160. The van der Waals surface area contributed by atoms with E-state index < -0.39 is 23.2 Å². The Hall–Kier alpha value is -3.04. The standard InChI is InChI=1S/C26H26BrNO6S/c1-5-7-19-12-18(14-22-24(29)28(26(31)35-22)16(3)25(30)32-4)13-21(33-6-2)23(19)34-15-17-8-10-20(27)11-9-17/h5,8-14,16H,1,6-7,15H2,2-4H3/b22-14+/t16-/m0/s1. The van der Waals surface area contributed by atoms with Gasteiger partial charge in [-0.2, -0.15) is 0 Å². The van der Waals surface area contributed by atoms with E-state index in [1.807, 2.05) is 37.3 Å². The fraction of sp³-hybridized carbons (Fsp3) is 0.269. The highest BCUT2D eigenvalue weighted by atomic mass is 79.9. The first-order valence-electron chi connectivity index (χ1n) is 10.9. The summed E-state index contributed by atoms with van der Waals surface area (Å²) < 4.78 is 17.7. The minimum absolute atomic E-state index is 0.210. The van der Waals surface area contributed by atoms with E-state index >= 15 is 0 Å². The van der Waals surface area contributed by atoms with Crippen LogP contribution >= 0.6 is 27.7 Å². The van der Waals surface area contributed by atoms with E-state index in [0.29, 0.717) is 36.7 Å². The van der Waals surface area contributed by atoms with Gasteiger partial charge >= 0.3 is 5.97 Å². The number of imide groups is 1. The van der Waals surface area contributed by atoms with Gasteiger partial charge in [-0.3, -0.25) is 14.5 Å². The van der Waals surface area contributed by atoms with Crippen molar-refractivity contribution >= 4 is 50.9 Å². The number of hydrogen-bond donors (Lipinski definition) is 0. The van der Waals surface area contributed by atoms with Crippen molar-refractivity contribution in [2.45, 2.75) is 32.9 Å². The number of esters is 1. The van der Waals surface area contributed by atoms with Crippen molar-refractivity contribution < 1.29 is 28.6 Å². The largest absolute Gasteiger partial charge is 0.490 e. The Labute approximate surface area is 217 Å². The fourth-order valence-electron chi connectivity index (χ4n) is 3.48. The summed E-state index contributed by atoms with van der Waals surface area (Å²) in [7, 11) is 1.21. The maximum atomic E-state index is 12.9. The topological polar surface area (TPSA) is 82.1 Å². The fourth-order valence-corrected chi connectivity index (χ4v) is 4.65. The SMILES string of the molecule is C=CCc1cc(/C=C2/SC(=O)N([C@@H](C)C(=O)OC)C2=O)cc(OCC)c1OCc1ccc(Br)cc1. The summed E-state index contributed by atoms with van der Waals surface area (Å²) >= 11 is 4.21. The molecule has 0 N–H and O–H groups in total. The van der Waals surface area contributed by atoms with E-state index in [1.165, 1.54) is 14.0 Å². The molecule has 1 heterocycles. The number of nitrogens with zero attached hydrogens (tertiary/aromatic N) is 1. The van der Waals surface area contributed by atoms with Crippen LogP contribution in [-0.2, 0) is 27.4 Å². The lowest BCUT2D eigenvalue weighted by atomic mass is 10.0. The van der Waals surface area contributed by atoms with Crippen LogP contribution in [0.5, 0.6) is 11.5 Å². The van der Waals surface area contributed by atoms with Crippen LogP contribution in [0.1, 0.15) is 30.5 Å². The number of carbonyl (C=O) groups is 3. The number of benzene rings is 2. The minimum atomic E-state index is -1.01. The van der Waals surface area contributed by atoms with Gasteiger partial charge < -0.3 is 14.2 Å². The van der Waals surface area contributed by atoms with Crippen LogP contribution in [0.25, 0.3) is 6.08 Å². The van der Waals surface area contributed by atoms with Gasteiger partial charge in [-0.1, -0.05) is 34.1 Å². The summed E-state index contributed by atoms with van der Waals surface area (Å²) in [6, 6.07) is 10.5. The first kappa shape index (κ1) is 26.6. The van der Waals surface area contributed by atoms with Crippen LogP contribution in [0.15, 0.2) is 58.4 Å². The molecule has 3 rings (SSSR count). The van der Waals surface area contributed by atoms with E-state index in [2.05, 4.69) is 27.2 Å². The average Bonchev–Trinajstić information content (AvgIpc) is 3.11. The van der Waals surface area contributed by atoms with Crippen molar-refractivity contribution in [1.82, 2.24) is 4.90 Å². The van der Waals surface area contributed by atoms with Crippen LogP contribution in [-0.4, -0.2) is 41.8 Å². The van der Waals surface area contributed by atoms with Crippen LogP contribution in [0.2, 0.25) is 0 Å². The third-order valence-corrected chi connectivity index (χ3v) is 6.58. The number of thioether (sulfide) groups is 1. The lowest BCUT2D eigenvalue weighted by molar-refractivity contribution is -0.148. The van der Waals surface area contributed by atoms with E-state index in [0.717, 1.165) is 32.3 Å². The molecule has 0 aliphatic carbocycles. The third kappa shape index (κ3) is 6.35. The van der Waals surface area contributed by atoms with Crippen molar-refractivity contribution in [3.8, 4) is 11.5 Å². The van der Waals surface area contributed by atoms with E-state index in [4.69, 9.17) is 9.47 Å². The Balaban J connectivity index is 1.94. The van der Waals surface area contributed by atoms with Crippen molar-refractivity contribution in [3.05, 3.63) is 75.1 Å². The summed E-state index contributed by atoms with van der Waals surface area (Å²) in [5, 5.41) is -0.523. The minimum Gasteiger partial charge on any atom is -0.490 e. The van der Waals surface area contributed by atoms with Gasteiger partial charge in [0.2, 0.25) is 0 Å². The van der Waals surface area contributed by atoms with Gasteiger partial charge in [0, 0.05) is 10.0 Å². The highest BCUT2D eigenvalue weighted by Crippen LogP contribution is 2.38. The predicted octanol–water partition coefficient (Wildman–Crippen LogP) is 5.75. The second-order valence-corrected chi connectivity index (χ2v) is 9.51. The average molecular weight is 560 g/mol. The molecule has 1 fully saturated rings. The van der Waals surface area contributed by atoms with Crippen molar-refractivity contribution in [3.63, 3.8) is 0 Å². The monoisotopic (exact) mass is 559 g/mol. The first-order chi connectivity index (χ1) is 16.8. The molecule has 0 saturated carbocycles. The van der Waals surface area contributed by atoms with Crippen LogP contribution in [0.3, 0.4) is 0 Å². The molecule has 2 amide bonds. The Morgan fingerprint density at radius 1 is 1.20 bits per heavy atom. The predicted molar refractivity (Wildman–Crippen MR) is 139 cm³/mol. The summed E-state index contributed by atoms with van der Waals surface area (Å²) in [5.41, 5.74) is 2.49. The molecule has 2 aromatic rings. The molecule has 1 aliphatic heterocycles. The molecular formula is C26H26BrNO6S. The molecule has 184 valence electrons. The maximum absolute atomic E-state index is 12.9. The van der Waals surface area contributed by atoms with Crippen LogP contribution < -0.4 is 9.47 Å². The molecule has 1 aliphatic rings. The number of ether oxygens (including phenoxy) is 3. The van der Waals surface area contributed by atoms with Crippen LogP contribution in [0, 0.1) is 0 Å². The smallest absolute Gasteiger partial charge is 0.328 e. The van der Waals surface area contributed by atoms with Gasteiger partial charge in [0.15, 0.2) is 11.5 Å². The highest BCUT2D eigenvalue weighted by molar-refractivity contribution is 9.10. The van der Waals surface area contributed by atoms with Gasteiger partial charge in [0.1, 0.15) is 12.6 Å². The molecule has 0 aromatic heterocycles. The van der Waals surface area contributed by atoms with Crippen molar-refractivity contribution in [2.24, 2.45) is 0 Å². The Morgan fingerprint density at radius 2 is 1.91 bits per heavy atom. The summed E-state index contributed by atoms with van der Waals surface area (Å²) in [6.45, 7) is 7.93. The molecule has 2 aromatic carbocycles. The molecular weight excluding hydrogens is 534 g/mol. The Morgan fingerprint density at radius 3 is 2.54 bits per heavy atom. The molecule has 9 heteroatoms. The summed E-state index contributed by atoms with van der Waals surface area (Å²) in [6.07, 6.45) is 3.88. The van der Waals surface area contributed by atoms with Gasteiger partial charge in [-0.15, -0.1) is 6.58 Å². The summed E-state index contributed by atoms with van der Waals surface area (Å²) in [4.78, 5) is 38.3. The lowest BCUT2D eigenvalue weighted by Gasteiger charge is -2.18. The number of hydrogen-bond acceptors (Lipinski definition) is 7. The number of amides is 2. The zero-order chi connectivity index (χ0) is 25.5. The van der Waals surface area contributed by atoms with E-state index in [-0.39, 0.29) is 4.91 Å². The molecule has 0 radical (unpaired) electrons. The molecule has 1 atom stereocenters. The zero-order valence-corrected chi connectivity index (χ0v) is 22.1. The number of halogens is 1. The summed E-state index contributed by atoms with van der Waals surface area (Å²) in [5.74, 6) is -0.0824. The van der Waals surface area contributed by atoms with Crippen molar-refractivity contribution in [1.29, 1.82) is 0 Å². The lowest BCUT2D eigenvalue weighted by Crippen LogP contribution is -2.42. The third-order valence-electron chi connectivity index (χ3n) is 5.17. The quantitative estimate of drug-likeness (QED) is 0.208. The Kier molecular flexibility index (Phi) is 9.17. The molecule has 0 bridgehead atoms. The van der Waals surface area contributed by atoms with Gasteiger partial charge in [-0.05, 0) is 73.5 Å². The molecule has 0 spiro atoms. The first-order valence-corrected chi connectivity index (χ1v) is 12.5. The van der Waals surface area contributed by atoms with Gasteiger partial charge in [0.05, 0.1) is 18.6 Å². The van der Waals surface area contributed by atoms with Gasteiger partial charge in [-0.25, -0.2) is 4.79 Å². The van der Waals surface area contributed by atoms with Crippen LogP contribution in [0.4, 0.5) is 4.79 Å². The van der Waals surface area contributed by atoms with Crippen molar-refractivity contribution in [2.75, 3.05) is 13.7 Å². The van der Waals surface area contributed by atoms with E-state index in [1.54, 1.807) is 18.2 Å². The molecule has 7 nitrogen and oxygen atoms in total. The van der Waals surface area contributed by atoms with Gasteiger partial charge in [0.25, 0.3) is 11.1 Å². The molecule has 0 unspecified atom stereocenters. The zero-order valence-electron chi connectivity index (χ0n) is 19.7. The second kappa shape index (κ2) is 12.1. The van der Waals surface area contributed by atoms with E-state index in [9.17, 15) is 14.4 Å². The highest BCUT2D eigenvalue weighted by Gasteiger charge is 2.41. The normalized spacial score (nSPS) is 15.3. The number of methoxy groups -OCH3 is 1. The maximum Gasteiger partial charge on any atom is 0.328 e. The number of carbonyl (C=O) groups excluding carboxylic acids is 3. The molecule has 1 saturated heterocycles. The number of allylic oxidation sites excluding steroid dienone is 1. The second-order valence-electron chi connectivity index (χ2n) is 7.60.